The van der Waals surface area contributed by atoms with Crippen LogP contribution in [0, 0.1) is 18.6 Å². The number of carbonyl (C=O) groups is 1. The largest absolute Gasteiger partial charge is 0.370 e. The second kappa shape index (κ2) is 4.79. The molecule has 0 saturated heterocycles. The molecule has 0 aliphatic heterocycles. The summed E-state index contributed by atoms with van der Waals surface area (Å²) in [5.41, 5.74) is 4.43. The first-order chi connectivity index (χ1) is 7.80. The van der Waals surface area contributed by atoms with Crippen LogP contribution < -0.4 is 11.1 Å². The van der Waals surface area contributed by atoms with Gasteiger partial charge in [0.2, 0.25) is 5.91 Å². The Hall–Kier alpha value is -1.49. The van der Waals surface area contributed by atoms with Crippen LogP contribution in [0.25, 0.3) is 0 Å². The maximum absolute atomic E-state index is 13.8. The number of nitrogens with one attached hydrogen (secondary N) is 1. The lowest BCUT2D eigenvalue weighted by atomic mass is 9.87. The average molecular weight is 242 g/mol. The van der Waals surface area contributed by atoms with Gasteiger partial charge < -0.3 is 11.1 Å². The molecule has 1 atom stereocenters. The summed E-state index contributed by atoms with van der Waals surface area (Å²) < 4.78 is 27.3. The molecule has 0 fully saturated rings. The molecule has 3 nitrogen and oxygen atoms in total. The molecule has 0 heterocycles. The van der Waals surface area contributed by atoms with E-state index < -0.39 is 23.1 Å². The van der Waals surface area contributed by atoms with E-state index in [1.54, 1.807) is 14.0 Å². The lowest BCUT2D eigenvalue weighted by Gasteiger charge is -2.29. The second-order valence-corrected chi connectivity index (χ2v) is 4.31. The van der Waals surface area contributed by atoms with E-state index in [-0.39, 0.29) is 17.5 Å². The summed E-state index contributed by atoms with van der Waals surface area (Å²) in [7, 11) is 1.57. The van der Waals surface area contributed by atoms with E-state index >= 15 is 0 Å². The third-order valence-corrected chi connectivity index (χ3v) is 2.92. The van der Waals surface area contributed by atoms with E-state index in [0.717, 1.165) is 12.1 Å². The fourth-order valence-corrected chi connectivity index (χ4v) is 1.74. The maximum atomic E-state index is 13.8. The number of hydrogen-bond acceptors (Lipinski definition) is 2. The Morgan fingerprint density at radius 3 is 2.47 bits per heavy atom. The minimum absolute atomic E-state index is 0.0990. The van der Waals surface area contributed by atoms with Crippen molar-refractivity contribution in [1.82, 2.24) is 5.32 Å². The number of rotatable bonds is 4. The number of benzene rings is 1. The van der Waals surface area contributed by atoms with Crippen LogP contribution >= 0.6 is 0 Å². The summed E-state index contributed by atoms with van der Waals surface area (Å²) in [5, 5.41) is 2.81. The molecule has 0 aromatic heterocycles. The van der Waals surface area contributed by atoms with Crippen LogP contribution in [0.4, 0.5) is 8.78 Å². The lowest BCUT2D eigenvalue weighted by Crippen LogP contribution is -2.41. The molecular weight excluding hydrogens is 226 g/mol. The highest BCUT2D eigenvalue weighted by molar-refractivity contribution is 5.75. The van der Waals surface area contributed by atoms with Gasteiger partial charge in [-0.05, 0) is 38.6 Å². The number of carbonyl (C=O) groups excluding carboxylic acids is 1. The Labute approximate surface area is 99.0 Å². The fraction of sp³-hybridized carbons (Fsp3) is 0.417. The number of nitrogens with two attached hydrogens (primary N) is 1. The molecule has 94 valence electrons. The van der Waals surface area contributed by atoms with Gasteiger partial charge in [-0.15, -0.1) is 0 Å². The second-order valence-electron chi connectivity index (χ2n) is 4.31. The van der Waals surface area contributed by atoms with E-state index in [0.29, 0.717) is 0 Å². The Kier molecular flexibility index (Phi) is 3.83. The molecule has 1 amide bonds. The van der Waals surface area contributed by atoms with Crippen molar-refractivity contribution in [1.29, 1.82) is 0 Å². The van der Waals surface area contributed by atoms with E-state index in [1.165, 1.54) is 6.92 Å². The van der Waals surface area contributed by atoms with Gasteiger partial charge in [-0.2, -0.15) is 0 Å². The highest BCUT2D eigenvalue weighted by Crippen LogP contribution is 2.28. The van der Waals surface area contributed by atoms with Crippen molar-refractivity contribution >= 4 is 5.91 Å². The SMILES string of the molecule is CNC(C)(CC(N)=O)c1cc(F)c(C)cc1F. The third-order valence-electron chi connectivity index (χ3n) is 2.92. The van der Waals surface area contributed by atoms with Crippen molar-refractivity contribution in [2.75, 3.05) is 7.05 Å². The van der Waals surface area contributed by atoms with Gasteiger partial charge in [0.25, 0.3) is 0 Å². The lowest BCUT2D eigenvalue weighted by molar-refractivity contribution is -0.119. The quantitative estimate of drug-likeness (QED) is 0.842. The molecule has 1 rings (SSSR count). The molecule has 0 bridgehead atoms. The monoisotopic (exact) mass is 242 g/mol. The molecule has 5 heteroatoms. The fourth-order valence-electron chi connectivity index (χ4n) is 1.74. The van der Waals surface area contributed by atoms with Crippen molar-refractivity contribution in [2.24, 2.45) is 5.73 Å². The predicted octanol–water partition coefficient (Wildman–Crippen LogP) is 1.58. The highest BCUT2D eigenvalue weighted by atomic mass is 19.1. The van der Waals surface area contributed by atoms with Crippen LogP contribution in [0.3, 0.4) is 0 Å². The zero-order chi connectivity index (χ0) is 13.2. The predicted molar refractivity (Wildman–Crippen MR) is 61.3 cm³/mol. The van der Waals surface area contributed by atoms with Gasteiger partial charge in [0.15, 0.2) is 0 Å². The molecule has 0 saturated carbocycles. The first-order valence-corrected chi connectivity index (χ1v) is 5.23. The van der Waals surface area contributed by atoms with Gasteiger partial charge in [-0.1, -0.05) is 0 Å². The van der Waals surface area contributed by atoms with E-state index in [9.17, 15) is 13.6 Å². The van der Waals surface area contributed by atoms with Crippen molar-refractivity contribution < 1.29 is 13.6 Å². The first-order valence-electron chi connectivity index (χ1n) is 5.23. The van der Waals surface area contributed by atoms with Crippen LogP contribution in [-0.4, -0.2) is 13.0 Å². The molecule has 17 heavy (non-hydrogen) atoms. The summed E-state index contributed by atoms with van der Waals surface area (Å²) in [5.74, 6) is -1.64. The standard InChI is InChI=1S/C12H16F2N2O/c1-7-4-10(14)8(5-9(7)13)12(2,16-3)6-11(15)17/h4-5,16H,6H2,1-3H3,(H2,15,17). The van der Waals surface area contributed by atoms with Crippen molar-refractivity contribution in [3.63, 3.8) is 0 Å². The summed E-state index contributed by atoms with van der Waals surface area (Å²) in [6, 6.07) is 2.21. The zero-order valence-electron chi connectivity index (χ0n) is 10.1. The van der Waals surface area contributed by atoms with Crippen LogP contribution in [0.2, 0.25) is 0 Å². The number of aryl methyl sites for hydroxylation is 1. The van der Waals surface area contributed by atoms with Gasteiger partial charge in [0.1, 0.15) is 11.6 Å². The summed E-state index contributed by atoms with van der Waals surface area (Å²) in [6.07, 6.45) is -0.108. The van der Waals surface area contributed by atoms with Crippen molar-refractivity contribution in [2.45, 2.75) is 25.8 Å². The van der Waals surface area contributed by atoms with E-state index in [1.807, 2.05) is 0 Å². The molecule has 1 aromatic rings. The van der Waals surface area contributed by atoms with Crippen LogP contribution in [-0.2, 0) is 10.3 Å². The summed E-state index contributed by atoms with van der Waals surface area (Å²) >= 11 is 0. The summed E-state index contributed by atoms with van der Waals surface area (Å²) in [4.78, 5) is 11.0. The Morgan fingerprint density at radius 2 is 2.00 bits per heavy atom. The topological polar surface area (TPSA) is 55.1 Å². The molecular formula is C12H16F2N2O. The minimum atomic E-state index is -1.01. The Morgan fingerprint density at radius 1 is 1.41 bits per heavy atom. The number of hydrogen-bond donors (Lipinski definition) is 2. The average Bonchev–Trinajstić information content (AvgIpc) is 2.22. The van der Waals surface area contributed by atoms with Gasteiger partial charge in [-0.25, -0.2) is 8.78 Å². The number of halogens is 2. The van der Waals surface area contributed by atoms with Crippen molar-refractivity contribution in [3.8, 4) is 0 Å². The van der Waals surface area contributed by atoms with Gasteiger partial charge in [0, 0.05) is 12.0 Å². The molecule has 0 aliphatic carbocycles. The number of primary amides is 1. The van der Waals surface area contributed by atoms with Gasteiger partial charge >= 0.3 is 0 Å². The smallest absolute Gasteiger partial charge is 0.219 e. The molecule has 1 unspecified atom stereocenters. The van der Waals surface area contributed by atoms with Crippen LogP contribution in [0.5, 0.6) is 0 Å². The highest BCUT2D eigenvalue weighted by Gasteiger charge is 2.30. The minimum Gasteiger partial charge on any atom is -0.370 e. The maximum Gasteiger partial charge on any atom is 0.219 e. The zero-order valence-corrected chi connectivity index (χ0v) is 10.1. The Balaban J connectivity index is 3.29. The first kappa shape index (κ1) is 13.6. The summed E-state index contributed by atoms with van der Waals surface area (Å²) in [6.45, 7) is 3.08. The van der Waals surface area contributed by atoms with Crippen LogP contribution in [0.15, 0.2) is 12.1 Å². The van der Waals surface area contributed by atoms with Gasteiger partial charge in [-0.3, -0.25) is 4.79 Å². The van der Waals surface area contributed by atoms with Crippen LogP contribution in [0.1, 0.15) is 24.5 Å². The van der Waals surface area contributed by atoms with Gasteiger partial charge in [0.05, 0.1) is 5.54 Å². The van der Waals surface area contributed by atoms with Crippen molar-refractivity contribution in [3.05, 3.63) is 34.9 Å². The molecule has 3 N–H and O–H groups in total. The molecule has 0 radical (unpaired) electrons. The Bertz CT molecular complexity index is 448. The normalized spacial score (nSPS) is 14.4. The van der Waals surface area contributed by atoms with E-state index in [4.69, 9.17) is 5.73 Å². The molecule has 1 aromatic carbocycles. The van der Waals surface area contributed by atoms with E-state index in [2.05, 4.69) is 5.32 Å². The number of amides is 1. The molecule has 0 spiro atoms. The third kappa shape index (κ3) is 2.79. The molecule has 0 aliphatic rings.